The first kappa shape index (κ1) is 18.4. The number of hydrogen-bond acceptors (Lipinski definition) is 2. The molecule has 0 radical (unpaired) electrons. The lowest BCUT2D eigenvalue weighted by Crippen LogP contribution is -2.25. The van der Waals surface area contributed by atoms with Gasteiger partial charge in [-0.3, -0.25) is 0 Å². The molecule has 0 aliphatic heterocycles. The number of nitrogens with zero attached hydrogens (tertiary/aromatic N) is 1. The van der Waals surface area contributed by atoms with Crippen LogP contribution in [0, 0.1) is 11.6 Å². The van der Waals surface area contributed by atoms with E-state index >= 15 is 0 Å². The Bertz CT molecular complexity index is 412. The van der Waals surface area contributed by atoms with Crippen LogP contribution in [0.25, 0.3) is 0 Å². The molecular formula is C13H19Cl2F2NO. The zero-order valence-corrected chi connectivity index (χ0v) is 12.6. The second-order valence-corrected chi connectivity index (χ2v) is 4.76. The van der Waals surface area contributed by atoms with Gasteiger partial charge in [-0.05, 0) is 39.4 Å². The maximum absolute atomic E-state index is 13.7. The Kier molecular flexibility index (Phi) is 7.64. The van der Waals surface area contributed by atoms with E-state index in [1.807, 2.05) is 14.1 Å². The summed E-state index contributed by atoms with van der Waals surface area (Å²) in [4.78, 5) is 1.80. The van der Waals surface area contributed by atoms with Crippen molar-refractivity contribution in [2.75, 3.05) is 14.1 Å². The number of hydrogen-bond donors (Lipinski definition) is 0. The first-order chi connectivity index (χ1) is 8.08. The fourth-order valence-electron chi connectivity index (χ4n) is 1.79. The highest BCUT2D eigenvalue weighted by molar-refractivity contribution is 5.85. The SMILES string of the molecule is CN(C)Cc1ccc(OC2CCC2)c(F)c1F.Cl.Cl. The zero-order chi connectivity index (χ0) is 12.4. The average Bonchev–Trinajstić information content (AvgIpc) is 2.21. The van der Waals surface area contributed by atoms with Crippen LogP contribution < -0.4 is 4.74 Å². The Hall–Kier alpha value is -0.580. The summed E-state index contributed by atoms with van der Waals surface area (Å²) in [6.07, 6.45) is 3.03. The van der Waals surface area contributed by atoms with Crippen LogP contribution in [-0.4, -0.2) is 25.1 Å². The fourth-order valence-corrected chi connectivity index (χ4v) is 1.79. The zero-order valence-electron chi connectivity index (χ0n) is 11.0. The van der Waals surface area contributed by atoms with Crippen molar-refractivity contribution in [2.24, 2.45) is 0 Å². The van der Waals surface area contributed by atoms with Crippen LogP contribution in [0.4, 0.5) is 8.78 Å². The summed E-state index contributed by atoms with van der Waals surface area (Å²) >= 11 is 0. The van der Waals surface area contributed by atoms with Crippen LogP contribution in [0.2, 0.25) is 0 Å². The lowest BCUT2D eigenvalue weighted by Gasteiger charge is -2.26. The second kappa shape index (κ2) is 7.88. The molecule has 0 saturated heterocycles. The molecule has 2 rings (SSSR count). The van der Waals surface area contributed by atoms with E-state index in [1.165, 1.54) is 6.07 Å². The first-order valence-corrected chi connectivity index (χ1v) is 5.86. The van der Waals surface area contributed by atoms with Gasteiger partial charge in [-0.15, -0.1) is 24.8 Å². The molecule has 2 nitrogen and oxygen atoms in total. The molecule has 0 spiro atoms. The lowest BCUT2D eigenvalue weighted by molar-refractivity contribution is 0.113. The monoisotopic (exact) mass is 313 g/mol. The number of ether oxygens (including phenoxy) is 1. The molecule has 1 aliphatic rings. The van der Waals surface area contributed by atoms with E-state index in [2.05, 4.69) is 0 Å². The Morgan fingerprint density at radius 3 is 2.26 bits per heavy atom. The van der Waals surface area contributed by atoms with Crippen molar-refractivity contribution < 1.29 is 13.5 Å². The first-order valence-electron chi connectivity index (χ1n) is 5.86. The molecule has 110 valence electrons. The van der Waals surface area contributed by atoms with Crippen molar-refractivity contribution in [3.63, 3.8) is 0 Å². The lowest BCUT2D eigenvalue weighted by atomic mass is 9.96. The van der Waals surface area contributed by atoms with Gasteiger partial charge < -0.3 is 9.64 Å². The maximum atomic E-state index is 13.7. The number of halogens is 4. The van der Waals surface area contributed by atoms with Crippen molar-refractivity contribution in [1.29, 1.82) is 0 Å². The highest BCUT2D eigenvalue weighted by atomic mass is 35.5. The smallest absolute Gasteiger partial charge is 0.200 e. The second-order valence-electron chi connectivity index (χ2n) is 4.76. The molecule has 1 aromatic carbocycles. The summed E-state index contributed by atoms with van der Waals surface area (Å²) in [5.41, 5.74) is 0.355. The largest absolute Gasteiger partial charge is 0.487 e. The molecule has 0 bridgehead atoms. The van der Waals surface area contributed by atoms with Crippen LogP contribution in [0.3, 0.4) is 0 Å². The van der Waals surface area contributed by atoms with Gasteiger partial charge in [0, 0.05) is 12.1 Å². The van der Waals surface area contributed by atoms with E-state index in [4.69, 9.17) is 4.74 Å². The Morgan fingerprint density at radius 1 is 1.16 bits per heavy atom. The maximum Gasteiger partial charge on any atom is 0.200 e. The normalized spacial score (nSPS) is 14.4. The highest BCUT2D eigenvalue weighted by Crippen LogP contribution is 2.29. The third-order valence-electron chi connectivity index (χ3n) is 2.96. The van der Waals surface area contributed by atoms with Crippen molar-refractivity contribution in [3.05, 3.63) is 29.3 Å². The topological polar surface area (TPSA) is 12.5 Å². The van der Waals surface area contributed by atoms with E-state index in [0.717, 1.165) is 19.3 Å². The molecule has 1 aromatic rings. The van der Waals surface area contributed by atoms with Crippen LogP contribution in [0.5, 0.6) is 5.75 Å². The van der Waals surface area contributed by atoms with Crippen molar-refractivity contribution >= 4 is 24.8 Å². The quantitative estimate of drug-likeness (QED) is 0.838. The van der Waals surface area contributed by atoms with Gasteiger partial charge in [0.15, 0.2) is 11.6 Å². The van der Waals surface area contributed by atoms with Gasteiger partial charge in [-0.1, -0.05) is 6.07 Å². The average molecular weight is 314 g/mol. The summed E-state index contributed by atoms with van der Waals surface area (Å²) < 4.78 is 32.8. The molecule has 0 aromatic heterocycles. The molecule has 0 unspecified atom stereocenters. The minimum absolute atomic E-state index is 0. The summed E-state index contributed by atoms with van der Waals surface area (Å²) in [6, 6.07) is 3.11. The molecule has 0 atom stereocenters. The summed E-state index contributed by atoms with van der Waals surface area (Å²) in [5.74, 6) is -1.62. The molecule has 6 heteroatoms. The Labute approximate surface area is 124 Å². The molecule has 0 heterocycles. The third-order valence-corrected chi connectivity index (χ3v) is 2.96. The van der Waals surface area contributed by atoms with Crippen LogP contribution in [0.15, 0.2) is 12.1 Å². The minimum atomic E-state index is -0.865. The van der Waals surface area contributed by atoms with Gasteiger partial charge in [0.25, 0.3) is 0 Å². The van der Waals surface area contributed by atoms with Gasteiger partial charge in [0.05, 0.1) is 6.10 Å². The van der Waals surface area contributed by atoms with Crippen molar-refractivity contribution in [3.8, 4) is 5.75 Å². The number of rotatable bonds is 4. The van der Waals surface area contributed by atoms with Crippen molar-refractivity contribution in [2.45, 2.75) is 31.9 Å². The molecule has 0 amide bonds. The third kappa shape index (κ3) is 4.48. The molecule has 0 N–H and O–H groups in total. The predicted octanol–water partition coefficient (Wildman–Crippen LogP) is 3.80. The van der Waals surface area contributed by atoms with Gasteiger partial charge >= 0.3 is 0 Å². The van der Waals surface area contributed by atoms with Crippen LogP contribution >= 0.6 is 24.8 Å². The van der Waals surface area contributed by atoms with E-state index in [9.17, 15) is 8.78 Å². The molecule has 1 fully saturated rings. The Morgan fingerprint density at radius 2 is 1.79 bits per heavy atom. The fraction of sp³-hybridized carbons (Fsp3) is 0.538. The van der Waals surface area contributed by atoms with E-state index in [1.54, 1.807) is 11.0 Å². The summed E-state index contributed by atoms with van der Waals surface area (Å²) in [6.45, 7) is 0.381. The van der Waals surface area contributed by atoms with E-state index in [-0.39, 0.29) is 36.7 Å². The van der Waals surface area contributed by atoms with Crippen LogP contribution in [0.1, 0.15) is 24.8 Å². The van der Waals surface area contributed by atoms with Gasteiger partial charge in [-0.25, -0.2) is 4.39 Å². The molecule has 19 heavy (non-hydrogen) atoms. The van der Waals surface area contributed by atoms with Crippen molar-refractivity contribution in [1.82, 2.24) is 4.90 Å². The predicted molar refractivity (Wildman–Crippen MR) is 76.5 cm³/mol. The van der Waals surface area contributed by atoms with Crippen LogP contribution in [-0.2, 0) is 6.54 Å². The summed E-state index contributed by atoms with van der Waals surface area (Å²) in [7, 11) is 3.63. The Balaban J connectivity index is 0.00000162. The van der Waals surface area contributed by atoms with E-state index in [0.29, 0.717) is 12.1 Å². The van der Waals surface area contributed by atoms with Gasteiger partial charge in [0.2, 0.25) is 5.82 Å². The van der Waals surface area contributed by atoms with Gasteiger partial charge in [-0.2, -0.15) is 4.39 Å². The molecular weight excluding hydrogens is 295 g/mol. The molecule has 1 aliphatic carbocycles. The standard InChI is InChI=1S/C13H17F2NO.2ClH/c1-16(2)8-9-6-7-11(13(15)12(9)14)17-10-4-3-5-10;;/h6-7,10H,3-5,8H2,1-2H3;2*1H. The molecule has 1 saturated carbocycles. The minimum Gasteiger partial charge on any atom is -0.487 e. The van der Waals surface area contributed by atoms with Gasteiger partial charge in [0.1, 0.15) is 0 Å². The van der Waals surface area contributed by atoms with E-state index < -0.39 is 11.6 Å². The highest BCUT2D eigenvalue weighted by Gasteiger charge is 2.22. The summed E-state index contributed by atoms with van der Waals surface area (Å²) in [5, 5.41) is 0. The number of benzene rings is 1.